The van der Waals surface area contributed by atoms with Crippen LogP contribution in [0.15, 0.2) is 72.8 Å². The summed E-state index contributed by atoms with van der Waals surface area (Å²) in [5.74, 6) is 0.267. The number of hydrogen-bond donors (Lipinski definition) is 3. The lowest BCUT2D eigenvalue weighted by Crippen LogP contribution is -2.28. The van der Waals surface area contributed by atoms with Crippen LogP contribution in [-0.4, -0.2) is 25.0 Å². The number of ether oxygens (including phenoxy) is 1. The Balaban J connectivity index is 1.58. The minimum atomic E-state index is -0.664. The second-order valence-electron chi connectivity index (χ2n) is 8.01. The number of aryl methyl sites for hydroxylation is 1. The van der Waals surface area contributed by atoms with Gasteiger partial charge in [0.2, 0.25) is 0 Å². The molecule has 0 unspecified atom stereocenters. The van der Waals surface area contributed by atoms with E-state index in [9.17, 15) is 9.59 Å². The number of nitrogens with one attached hydrogen (secondary N) is 3. The minimum Gasteiger partial charge on any atom is -0.495 e. The molecule has 0 heterocycles. The summed E-state index contributed by atoms with van der Waals surface area (Å²) in [6.07, 6.45) is 2.06. The lowest BCUT2D eigenvalue weighted by molar-refractivity contribution is -0.117. The highest BCUT2D eigenvalue weighted by atomic mass is 16.5. The quantitative estimate of drug-likeness (QED) is 0.485. The Labute approximate surface area is 188 Å². The zero-order chi connectivity index (χ0) is 22.5. The van der Waals surface area contributed by atoms with Gasteiger partial charge in [-0.2, -0.15) is 0 Å². The van der Waals surface area contributed by atoms with Crippen LogP contribution in [0.5, 0.6) is 5.75 Å². The second kappa shape index (κ2) is 9.56. The van der Waals surface area contributed by atoms with Crippen LogP contribution >= 0.6 is 0 Å². The van der Waals surface area contributed by atoms with E-state index in [1.165, 1.54) is 0 Å². The maximum Gasteiger partial charge on any atom is 0.251 e. The predicted molar refractivity (Wildman–Crippen MR) is 126 cm³/mol. The molecule has 3 aromatic carbocycles. The number of carbonyl (C=O) groups is 2. The van der Waals surface area contributed by atoms with Crippen molar-refractivity contribution in [3.05, 3.63) is 89.5 Å². The third kappa shape index (κ3) is 5.27. The molecule has 6 nitrogen and oxygen atoms in total. The van der Waals surface area contributed by atoms with Crippen molar-refractivity contribution in [3.8, 4) is 5.75 Å². The van der Waals surface area contributed by atoms with E-state index in [1.807, 2.05) is 67.6 Å². The molecule has 2 amide bonds. The monoisotopic (exact) mass is 429 g/mol. The van der Waals surface area contributed by atoms with Crippen LogP contribution in [0, 0.1) is 6.92 Å². The van der Waals surface area contributed by atoms with Gasteiger partial charge in [-0.3, -0.25) is 9.59 Å². The molecule has 1 atom stereocenters. The number of rotatable bonds is 8. The maximum absolute atomic E-state index is 13.4. The van der Waals surface area contributed by atoms with Crippen LogP contribution in [0.1, 0.15) is 40.4 Å². The number of hydrogen-bond acceptors (Lipinski definition) is 4. The van der Waals surface area contributed by atoms with Gasteiger partial charge in [0, 0.05) is 17.3 Å². The summed E-state index contributed by atoms with van der Waals surface area (Å²) < 4.78 is 5.40. The first-order chi connectivity index (χ1) is 15.5. The van der Waals surface area contributed by atoms with Gasteiger partial charge in [0.25, 0.3) is 11.8 Å². The lowest BCUT2D eigenvalue weighted by Gasteiger charge is -2.21. The van der Waals surface area contributed by atoms with Crippen molar-refractivity contribution in [2.24, 2.45) is 0 Å². The van der Waals surface area contributed by atoms with Gasteiger partial charge in [-0.1, -0.05) is 42.5 Å². The smallest absolute Gasteiger partial charge is 0.251 e. The average molecular weight is 430 g/mol. The Kier molecular flexibility index (Phi) is 6.40. The maximum atomic E-state index is 13.4. The molecule has 1 aliphatic carbocycles. The summed E-state index contributed by atoms with van der Waals surface area (Å²) in [6.45, 7) is 1.96. The van der Waals surface area contributed by atoms with Crippen molar-refractivity contribution in [1.82, 2.24) is 5.32 Å². The van der Waals surface area contributed by atoms with Crippen molar-refractivity contribution in [3.63, 3.8) is 0 Å². The molecule has 0 aliphatic heterocycles. The fourth-order valence-corrected chi connectivity index (χ4v) is 3.48. The fraction of sp³-hybridized carbons (Fsp3) is 0.231. The number of methoxy groups -OCH3 is 1. The molecule has 0 spiro atoms. The molecule has 1 fully saturated rings. The second-order valence-corrected chi connectivity index (χ2v) is 8.01. The summed E-state index contributed by atoms with van der Waals surface area (Å²) in [4.78, 5) is 25.8. The Morgan fingerprint density at radius 3 is 2.47 bits per heavy atom. The highest BCUT2D eigenvalue weighted by Crippen LogP contribution is 2.28. The van der Waals surface area contributed by atoms with Crippen molar-refractivity contribution in [2.75, 3.05) is 17.7 Å². The topological polar surface area (TPSA) is 79.5 Å². The molecule has 1 aliphatic rings. The SMILES string of the molecule is COc1ccc(C)cc1NC(=O)[C@H](Nc1cccc(C(=O)NC2CC2)c1)c1ccccc1. The van der Waals surface area contributed by atoms with E-state index in [-0.39, 0.29) is 17.9 Å². The van der Waals surface area contributed by atoms with Crippen LogP contribution in [0.3, 0.4) is 0 Å². The first-order valence-corrected chi connectivity index (χ1v) is 10.7. The molecule has 6 heteroatoms. The van der Waals surface area contributed by atoms with E-state index in [0.717, 1.165) is 24.0 Å². The molecule has 32 heavy (non-hydrogen) atoms. The number of carbonyl (C=O) groups excluding carboxylic acids is 2. The number of anilines is 2. The van der Waals surface area contributed by atoms with E-state index in [2.05, 4.69) is 16.0 Å². The molecule has 0 bridgehead atoms. The van der Waals surface area contributed by atoms with Gasteiger partial charge in [-0.05, 0) is 61.2 Å². The molecule has 3 aromatic rings. The normalized spacial score (nSPS) is 13.7. The summed E-state index contributed by atoms with van der Waals surface area (Å²) in [6, 6.07) is 22.0. The van der Waals surface area contributed by atoms with Crippen LogP contribution in [0.25, 0.3) is 0 Å². The summed E-state index contributed by atoms with van der Waals surface area (Å²) >= 11 is 0. The van der Waals surface area contributed by atoms with Gasteiger partial charge >= 0.3 is 0 Å². The molecule has 3 N–H and O–H groups in total. The summed E-state index contributed by atoms with van der Waals surface area (Å²) in [5.41, 5.74) is 3.69. The highest BCUT2D eigenvalue weighted by Gasteiger charge is 2.25. The van der Waals surface area contributed by atoms with Crippen molar-refractivity contribution in [2.45, 2.75) is 31.8 Å². The van der Waals surface area contributed by atoms with Crippen LogP contribution in [0.4, 0.5) is 11.4 Å². The zero-order valence-electron chi connectivity index (χ0n) is 18.2. The number of benzene rings is 3. The van der Waals surface area contributed by atoms with Gasteiger partial charge in [0.05, 0.1) is 12.8 Å². The van der Waals surface area contributed by atoms with Crippen LogP contribution in [-0.2, 0) is 4.79 Å². The Hall–Kier alpha value is -3.80. The largest absolute Gasteiger partial charge is 0.495 e. The van der Waals surface area contributed by atoms with Gasteiger partial charge in [0.1, 0.15) is 11.8 Å². The Bertz CT molecular complexity index is 1110. The predicted octanol–water partition coefficient (Wildman–Crippen LogP) is 4.69. The van der Waals surface area contributed by atoms with Crippen LogP contribution in [0.2, 0.25) is 0 Å². The summed E-state index contributed by atoms with van der Waals surface area (Å²) in [7, 11) is 1.57. The van der Waals surface area contributed by atoms with Crippen molar-refractivity contribution < 1.29 is 14.3 Å². The highest BCUT2D eigenvalue weighted by molar-refractivity contribution is 5.99. The van der Waals surface area contributed by atoms with E-state index < -0.39 is 6.04 Å². The third-order valence-corrected chi connectivity index (χ3v) is 5.36. The molecular weight excluding hydrogens is 402 g/mol. The van der Waals surface area contributed by atoms with Gasteiger partial charge in [-0.15, -0.1) is 0 Å². The molecular formula is C26H27N3O3. The van der Waals surface area contributed by atoms with E-state index in [4.69, 9.17) is 4.74 Å². The molecule has 0 saturated heterocycles. The van der Waals surface area contributed by atoms with Gasteiger partial charge in [-0.25, -0.2) is 0 Å². The lowest BCUT2D eigenvalue weighted by atomic mass is 10.0. The molecule has 1 saturated carbocycles. The van der Waals surface area contributed by atoms with E-state index >= 15 is 0 Å². The molecule has 4 rings (SSSR count). The van der Waals surface area contributed by atoms with Gasteiger partial charge < -0.3 is 20.7 Å². The standard InChI is InChI=1S/C26H27N3O3/c1-17-11-14-23(32-2)22(15-17)29-26(31)24(18-7-4-3-5-8-18)27-21-10-6-9-19(16-21)25(30)28-20-12-13-20/h3-11,14-16,20,24,27H,12-13H2,1-2H3,(H,28,30)(H,29,31)/t24-/m1/s1. The van der Waals surface area contributed by atoms with E-state index in [0.29, 0.717) is 22.7 Å². The zero-order valence-corrected chi connectivity index (χ0v) is 18.2. The Morgan fingerprint density at radius 2 is 1.75 bits per heavy atom. The van der Waals surface area contributed by atoms with Crippen molar-refractivity contribution >= 4 is 23.2 Å². The fourth-order valence-electron chi connectivity index (χ4n) is 3.48. The minimum absolute atomic E-state index is 0.0960. The Morgan fingerprint density at radius 1 is 0.969 bits per heavy atom. The summed E-state index contributed by atoms with van der Waals surface area (Å²) in [5, 5.41) is 9.28. The molecule has 0 radical (unpaired) electrons. The molecule has 0 aromatic heterocycles. The number of amides is 2. The van der Waals surface area contributed by atoms with Gasteiger partial charge in [0.15, 0.2) is 0 Å². The average Bonchev–Trinajstić information content (AvgIpc) is 3.62. The van der Waals surface area contributed by atoms with Crippen LogP contribution < -0.4 is 20.7 Å². The first kappa shape index (κ1) is 21.4. The third-order valence-electron chi connectivity index (χ3n) is 5.36. The van der Waals surface area contributed by atoms with E-state index in [1.54, 1.807) is 19.2 Å². The molecule has 164 valence electrons. The first-order valence-electron chi connectivity index (χ1n) is 10.7. The van der Waals surface area contributed by atoms with Crippen molar-refractivity contribution in [1.29, 1.82) is 0 Å².